The maximum absolute atomic E-state index is 2.56. The van der Waals surface area contributed by atoms with Gasteiger partial charge in [0.25, 0.3) is 0 Å². The van der Waals surface area contributed by atoms with Gasteiger partial charge in [0.05, 0.1) is 0 Å². The van der Waals surface area contributed by atoms with E-state index in [0.29, 0.717) is 5.92 Å². The van der Waals surface area contributed by atoms with E-state index >= 15 is 0 Å². The monoisotopic (exact) mass is 346 g/mol. The van der Waals surface area contributed by atoms with E-state index in [1.165, 1.54) is 25.7 Å². The zero-order valence-corrected chi connectivity index (χ0v) is 16.2. The Labute approximate surface area is 132 Å². The number of unbranched alkanes of at least 4 members (excludes halogenated alkanes) is 1. The molecule has 2 rings (SSSR count). The topological polar surface area (TPSA) is 0 Å². The van der Waals surface area contributed by atoms with Gasteiger partial charge in [0.1, 0.15) is 0 Å². The Hall–Kier alpha value is -0.287. The van der Waals surface area contributed by atoms with Crippen LogP contribution in [0.4, 0.5) is 0 Å². The van der Waals surface area contributed by atoms with Crippen molar-refractivity contribution in [1.29, 1.82) is 0 Å². The van der Waals surface area contributed by atoms with Crippen molar-refractivity contribution in [2.24, 2.45) is 5.92 Å². The third-order valence-electron chi connectivity index (χ3n) is 4.45. The Morgan fingerprint density at radius 3 is 2.65 bits per heavy atom. The fraction of sp³-hybridized carbons (Fsp3) is 0.526. The first-order chi connectivity index (χ1) is 9.56. The van der Waals surface area contributed by atoms with Gasteiger partial charge in [-0.3, -0.25) is 0 Å². The molecule has 2 aliphatic carbocycles. The van der Waals surface area contributed by atoms with Gasteiger partial charge >= 0.3 is 133 Å². The quantitative estimate of drug-likeness (QED) is 0.598. The zero-order valence-electron chi connectivity index (χ0n) is 13.7. The second kappa shape index (κ2) is 7.12. The molecule has 0 fully saturated rings. The second-order valence-corrected chi connectivity index (χ2v) is 13.5. The summed E-state index contributed by atoms with van der Waals surface area (Å²) in [6, 6.07) is 0. The second-order valence-electron chi connectivity index (χ2n) is 6.32. The summed E-state index contributed by atoms with van der Waals surface area (Å²) < 4.78 is 5.36. The van der Waals surface area contributed by atoms with E-state index in [1.54, 1.807) is 17.6 Å². The van der Waals surface area contributed by atoms with Crippen LogP contribution in [-0.4, -0.2) is 3.21 Å². The van der Waals surface area contributed by atoms with Crippen molar-refractivity contribution in [1.82, 2.24) is 0 Å². The summed E-state index contributed by atoms with van der Waals surface area (Å²) in [4.78, 5) is 0. The third kappa shape index (κ3) is 3.30. The fourth-order valence-electron chi connectivity index (χ4n) is 3.47. The molecule has 0 N–H and O–H groups in total. The van der Waals surface area contributed by atoms with E-state index in [4.69, 9.17) is 0 Å². The standard InChI is InChI=1S/C11H17.C5H5.C3H6.Zr/c1-4-5-6-11-8-9(2)7-10(11)3;1-2-4-5-3-1;1-3-2;/h8-9H,4-6H2,1-3H3;1-3H,4H2;1-2H3;. The molecule has 0 aromatic heterocycles. The van der Waals surface area contributed by atoms with Crippen molar-refractivity contribution >= 4 is 3.21 Å². The van der Waals surface area contributed by atoms with E-state index in [2.05, 4.69) is 58.9 Å². The SMILES string of the molecule is CCCCC1=CC(C)[C]([Zr]([C]2=CC=CC2)=[C](C)C)=C1C. The van der Waals surface area contributed by atoms with Crippen molar-refractivity contribution in [2.45, 2.75) is 60.3 Å². The predicted octanol–water partition coefficient (Wildman–Crippen LogP) is 5.70. The summed E-state index contributed by atoms with van der Waals surface area (Å²) in [6.45, 7) is 11.9. The molecule has 0 nitrogen and oxygen atoms in total. The Bertz CT molecular complexity index is 534. The molecule has 0 spiro atoms. The molecule has 0 aliphatic heterocycles. The van der Waals surface area contributed by atoms with Gasteiger partial charge in [-0.05, 0) is 0 Å². The van der Waals surface area contributed by atoms with Crippen LogP contribution in [0.25, 0.3) is 0 Å². The molecule has 0 saturated carbocycles. The van der Waals surface area contributed by atoms with Gasteiger partial charge in [0.2, 0.25) is 0 Å². The summed E-state index contributed by atoms with van der Waals surface area (Å²) in [7, 11) is 0. The molecule has 0 radical (unpaired) electrons. The molecule has 0 saturated heterocycles. The van der Waals surface area contributed by atoms with Crippen LogP contribution in [0.15, 0.2) is 42.0 Å². The average Bonchev–Trinajstić information content (AvgIpc) is 3.00. The minimum absolute atomic E-state index is 0.688. The van der Waals surface area contributed by atoms with E-state index < -0.39 is 21.3 Å². The summed E-state index contributed by atoms with van der Waals surface area (Å²) in [5.74, 6) is 0.688. The molecule has 0 aromatic carbocycles. The van der Waals surface area contributed by atoms with E-state index in [1.807, 2.05) is 3.28 Å². The molecule has 0 bridgehead atoms. The average molecular weight is 348 g/mol. The molecule has 1 atom stereocenters. The number of hydrogen-bond acceptors (Lipinski definition) is 0. The first-order valence-corrected chi connectivity index (χ1v) is 11.7. The fourth-order valence-corrected chi connectivity index (χ4v) is 11.3. The van der Waals surface area contributed by atoms with Crippen molar-refractivity contribution in [3.05, 3.63) is 42.0 Å². The van der Waals surface area contributed by atoms with Gasteiger partial charge < -0.3 is 0 Å². The summed E-state index contributed by atoms with van der Waals surface area (Å²) >= 11 is -1.73. The third-order valence-corrected chi connectivity index (χ3v) is 12.8. The van der Waals surface area contributed by atoms with Crippen molar-refractivity contribution in [2.75, 3.05) is 0 Å². The zero-order chi connectivity index (χ0) is 14.7. The molecule has 108 valence electrons. The first-order valence-electron chi connectivity index (χ1n) is 8.02. The van der Waals surface area contributed by atoms with Crippen molar-refractivity contribution < 1.29 is 21.3 Å². The number of hydrogen-bond donors (Lipinski definition) is 0. The number of rotatable bonds is 5. The van der Waals surface area contributed by atoms with Crippen molar-refractivity contribution in [3.8, 4) is 0 Å². The van der Waals surface area contributed by atoms with Crippen LogP contribution in [0.1, 0.15) is 60.3 Å². The molecule has 1 heteroatoms. The van der Waals surface area contributed by atoms with Gasteiger partial charge in [0, 0.05) is 0 Å². The summed E-state index contributed by atoms with van der Waals surface area (Å²) in [6.07, 6.45) is 14.7. The van der Waals surface area contributed by atoms with Crippen molar-refractivity contribution in [3.63, 3.8) is 0 Å². The van der Waals surface area contributed by atoms with Crippen LogP contribution < -0.4 is 0 Å². The van der Waals surface area contributed by atoms with E-state index in [0.717, 1.165) is 0 Å². The molecule has 0 heterocycles. The number of allylic oxidation sites excluding steroid dienone is 8. The van der Waals surface area contributed by atoms with Crippen LogP contribution in [0.2, 0.25) is 0 Å². The predicted molar refractivity (Wildman–Crippen MR) is 87.7 cm³/mol. The Morgan fingerprint density at radius 1 is 1.35 bits per heavy atom. The summed E-state index contributed by atoms with van der Waals surface area (Å²) in [5, 5.41) is 0. The molecule has 2 aliphatic rings. The van der Waals surface area contributed by atoms with E-state index in [-0.39, 0.29) is 0 Å². The molecular formula is C19H28Zr. The van der Waals surface area contributed by atoms with Crippen LogP contribution in [0, 0.1) is 5.92 Å². The van der Waals surface area contributed by atoms with Gasteiger partial charge in [0.15, 0.2) is 0 Å². The van der Waals surface area contributed by atoms with Gasteiger partial charge in [-0.2, -0.15) is 0 Å². The minimum atomic E-state index is -1.73. The van der Waals surface area contributed by atoms with Crippen LogP contribution in [0.5, 0.6) is 0 Å². The Morgan fingerprint density at radius 2 is 2.10 bits per heavy atom. The van der Waals surface area contributed by atoms with Gasteiger partial charge in [-0.1, -0.05) is 0 Å². The van der Waals surface area contributed by atoms with E-state index in [9.17, 15) is 0 Å². The first kappa shape index (κ1) is 16.1. The Kier molecular flexibility index (Phi) is 5.73. The molecule has 20 heavy (non-hydrogen) atoms. The Balaban J connectivity index is 2.35. The van der Waals surface area contributed by atoms with Gasteiger partial charge in [-0.15, -0.1) is 0 Å². The molecule has 0 amide bonds. The molecular weight excluding hydrogens is 319 g/mol. The van der Waals surface area contributed by atoms with Crippen LogP contribution >= 0.6 is 0 Å². The van der Waals surface area contributed by atoms with Crippen LogP contribution in [0.3, 0.4) is 0 Å². The molecule has 1 unspecified atom stereocenters. The van der Waals surface area contributed by atoms with Crippen LogP contribution in [-0.2, 0) is 21.3 Å². The maximum atomic E-state index is 2.56. The normalized spacial score (nSPS) is 21.4. The summed E-state index contributed by atoms with van der Waals surface area (Å²) in [5.41, 5.74) is 3.31. The van der Waals surface area contributed by atoms with Gasteiger partial charge in [-0.25, -0.2) is 0 Å². The molecule has 0 aromatic rings.